The van der Waals surface area contributed by atoms with E-state index in [1.54, 1.807) is 37.3 Å². The van der Waals surface area contributed by atoms with Gasteiger partial charge in [-0.3, -0.25) is 14.2 Å². The van der Waals surface area contributed by atoms with Gasteiger partial charge >= 0.3 is 4.87 Å². The largest absolute Gasteiger partial charge is 0.347 e. The van der Waals surface area contributed by atoms with Crippen molar-refractivity contribution < 1.29 is 13.2 Å². The van der Waals surface area contributed by atoms with E-state index in [0.717, 1.165) is 26.8 Å². The second kappa shape index (κ2) is 9.76. The molecule has 11 heteroatoms. The zero-order valence-corrected chi connectivity index (χ0v) is 20.7. The fraction of sp³-hybridized carbons (Fsp3) is 0.238. The Hall–Kier alpha value is -2.17. The number of carbonyl (C=O) groups is 1. The molecule has 170 valence electrons. The highest BCUT2D eigenvalue weighted by molar-refractivity contribution is 7.89. The number of hydrogen-bond acceptors (Lipinski definition) is 5. The lowest BCUT2D eigenvalue weighted by Gasteiger charge is -2.12. The zero-order valence-electron chi connectivity index (χ0n) is 17.6. The van der Waals surface area contributed by atoms with E-state index in [2.05, 4.69) is 5.32 Å². The lowest BCUT2D eigenvalue weighted by atomic mass is 10.2. The van der Waals surface area contributed by atoms with Crippen LogP contribution in [0.5, 0.6) is 0 Å². The smallest absolute Gasteiger partial charge is 0.308 e. The molecule has 0 fully saturated rings. The number of nitrogens with one attached hydrogen (secondary N) is 1. The number of amides is 1. The highest BCUT2D eigenvalue weighted by Gasteiger charge is 2.19. The summed E-state index contributed by atoms with van der Waals surface area (Å²) in [5.74, 6) is -0.359. The first-order valence-corrected chi connectivity index (χ1v) is 12.5. The minimum Gasteiger partial charge on any atom is -0.347 e. The summed E-state index contributed by atoms with van der Waals surface area (Å²) >= 11 is 12.8. The first-order chi connectivity index (χ1) is 15.0. The van der Waals surface area contributed by atoms with Crippen LogP contribution in [0, 0.1) is 6.92 Å². The SMILES string of the molecule is Cc1c(C(=O)NCc2ccc(Cl)c(Cl)c2)sc(=O)n1Cc1ccc(S(=O)(=O)N(C)C)cc1. The number of rotatable bonds is 7. The van der Waals surface area contributed by atoms with Gasteiger partial charge in [0, 0.05) is 26.3 Å². The van der Waals surface area contributed by atoms with Crippen LogP contribution in [0.4, 0.5) is 0 Å². The summed E-state index contributed by atoms with van der Waals surface area (Å²) in [6.07, 6.45) is 0. The van der Waals surface area contributed by atoms with Gasteiger partial charge in [-0.05, 0) is 42.3 Å². The van der Waals surface area contributed by atoms with Gasteiger partial charge in [0.25, 0.3) is 5.91 Å². The van der Waals surface area contributed by atoms with Crippen molar-refractivity contribution in [1.82, 2.24) is 14.2 Å². The lowest BCUT2D eigenvalue weighted by molar-refractivity contribution is 0.0954. The quantitative estimate of drug-likeness (QED) is 0.520. The summed E-state index contributed by atoms with van der Waals surface area (Å²) in [7, 11) is -0.598. The number of benzene rings is 2. The Labute approximate surface area is 200 Å². The molecule has 0 radical (unpaired) electrons. The minimum atomic E-state index is -3.53. The van der Waals surface area contributed by atoms with Crippen molar-refractivity contribution >= 4 is 50.5 Å². The number of hydrogen-bond donors (Lipinski definition) is 1. The van der Waals surface area contributed by atoms with E-state index < -0.39 is 10.0 Å². The van der Waals surface area contributed by atoms with Crippen molar-refractivity contribution in [1.29, 1.82) is 0 Å². The Bertz CT molecular complexity index is 1310. The van der Waals surface area contributed by atoms with Gasteiger partial charge < -0.3 is 5.32 Å². The lowest BCUT2D eigenvalue weighted by Crippen LogP contribution is -2.23. The molecule has 0 aliphatic rings. The van der Waals surface area contributed by atoms with E-state index in [-0.39, 0.29) is 28.8 Å². The third-order valence-electron chi connectivity index (χ3n) is 4.83. The average Bonchev–Trinajstić information content (AvgIpc) is 3.03. The molecule has 0 saturated heterocycles. The number of aromatic nitrogens is 1. The first kappa shape index (κ1) is 24.5. The Morgan fingerprint density at radius 1 is 1.06 bits per heavy atom. The summed E-state index contributed by atoms with van der Waals surface area (Å²) < 4.78 is 27.0. The zero-order chi connectivity index (χ0) is 23.6. The van der Waals surface area contributed by atoms with Crippen LogP contribution in [0.1, 0.15) is 26.5 Å². The molecule has 0 unspecified atom stereocenters. The Morgan fingerprint density at radius 2 is 1.69 bits per heavy atom. The van der Waals surface area contributed by atoms with Gasteiger partial charge in [-0.25, -0.2) is 12.7 Å². The van der Waals surface area contributed by atoms with Crippen molar-refractivity contribution in [2.45, 2.75) is 24.9 Å². The van der Waals surface area contributed by atoms with Crippen molar-refractivity contribution in [2.75, 3.05) is 14.1 Å². The van der Waals surface area contributed by atoms with Gasteiger partial charge in [0.15, 0.2) is 0 Å². The fourth-order valence-electron chi connectivity index (χ4n) is 2.94. The van der Waals surface area contributed by atoms with Gasteiger partial charge in [-0.15, -0.1) is 0 Å². The molecule has 0 atom stereocenters. The standard InChI is InChI=1S/C21H21Cl2N3O4S2/c1-13-19(20(27)24-11-15-6-9-17(22)18(23)10-15)31-21(28)26(13)12-14-4-7-16(8-5-14)32(29,30)25(2)3/h4-10H,11-12H2,1-3H3,(H,24,27). The molecule has 1 amide bonds. The highest BCUT2D eigenvalue weighted by Crippen LogP contribution is 2.23. The molecule has 1 N–H and O–H groups in total. The van der Waals surface area contributed by atoms with Crippen molar-refractivity contribution in [3.8, 4) is 0 Å². The maximum atomic E-state index is 12.6. The molecule has 0 aliphatic heterocycles. The van der Waals surface area contributed by atoms with Crippen LogP contribution in [-0.4, -0.2) is 37.3 Å². The maximum absolute atomic E-state index is 12.6. The summed E-state index contributed by atoms with van der Waals surface area (Å²) in [6.45, 7) is 2.17. The maximum Gasteiger partial charge on any atom is 0.308 e. The van der Waals surface area contributed by atoms with E-state index >= 15 is 0 Å². The van der Waals surface area contributed by atoms with Crippen LogP contribution in [0.3, 0.4) is 0 Å². The van der Waals surface area contributed by atoms with Crippen LogP contribution < -0.4 is 10.2 Å². The number of sulfonamides is 1. The third-order valence-corrected chi connectivity index (χ3v) is 8.48. The summed E-state index contributed by atoms with van der Waals surface area (Å²) in [6, 6.07) is 11.4. The minimum absolute atomic E-state index is 0.169. The van der Waals surface area contributed by atoms with E-state index in [9.17, 15) is 18.0 Å². The van der Waals surface area contributed by atoms with Crippen molar-refractivity contribution in [3.05, 3.63) is 83.9 Å². The van der Waals surface area contributed by atoms with E-state index in [1.165, 1.54) is 30.8 Å². The number of carbonyl (C=O) groups excluding carboxylic acids is 1. The topological polar surface area (TPSA) is 88.5 Å². The van der Waals surface area contributed by atoms with Crippen LogP contribution in [0.2, 0.25) is 10.0 Å². The second-order valence-electron chi connectivity index (χ2n) is 7.23. The molecular formula is C21H21Cl2N3O4S2. The summed E-state index contributed by atoms with van der Waals surface area (Å²) in [5, 5.41) is 3.62. The Kier molecular flexibility index (Phi) is 7.46. The number of nitrogens with zero attached hydrogens (tertiary/aromatic N) is 2. The van der Waals surface area contributed by atoms with Crippen molar-refractivity contribution in [3.63, 3.8) is 0 Å². The Morgan fingerprint density at radius 3 is 2.28 bits per heavy atom. The molecule has 1 heterocycles. The Balaban J connectivity index is 1.75. The molecular weight excluding hydrogens is 493 g/mol. The highest BCUT2D eigenvalue weighted by atomic mass is 35.5. The van der Waals surface area contributed by atoms with Crippen LogP contribution in [0.25, 0.3) is 0 Å². The van der Waals surface area contributed by atoms with E-state index in [0.29, 0.717) is 20.6 Å². The molecule has 0 aliphatic carbocycles. The predicted octanol–water partition coefficient (Wildman–Crippen LogP) is 3.75. The second-order valence-corrected chi connectivity index (χ2v) is 11.2. The summed E-state index contributed by atoms with van der Waals surface area (Å²) in [5.41, 5.74) is 2.06. The molecule has 0 bridgehead atoms. The molecule has 32 heavy (non-hydrogen) atoms. The van der Waals surface area contributed by atoms with Gasteiger partial charge in [0.05, 0.1) is 21.5 Å². The van der Waals surface area contributed by atoms with Crippen LogP contribution >= 0.6 is 34.5 Å². The molecule has 0 spiro atoms. The average molecular weight is 514 g/mol. The van der Waals surface area contributed by atoms with Gasteiger partial charge in [0.1, 0.15) is 4.88 Å². The normalized spacial score (nSPS) is 11.7. The van der Waals surface area contributed by atoms with Gasteiger partial charge in [0.2, 0.25) is 10.0 Å². The molecule has 3 rings (SSSR count). The van der Waals surface area contributed by atoms with Crippen LogP contribution in [0.15, 0.2) is 52.2 Å². The molecule has 7 nitrogen and oxygen atoms in total. The van der Waals surface area contributed by atoms with Gasteiger partial charge in [-0.1, -0.05) is 52.7 Å². The molecule has 3 aromatic rings. The molecule has 2 aromatic carbocycles. The molecule has 0 saturated carbocycles. The third kappa shape index (κ3) is 5.24. The number of thiazole rings is 1. The van der Waals surface area contributed by atoms with Crippen LogP contribution in [-0.2, 0) is 23.1 Å². The number of halogens is 2. The van der Waals surface area contributed by atoms with Crippen molar-refractivity contribution in [2.24, 2.45) is 0 Å². The monoisotopic (exact) mass is 513 g/mol. The first-order valence-electron chi connectivity index (χ1n) is 9.44. The fourth-order valence-corrected chi connectivity index (χ4v) is 5.07. The predicted molar refractivity (Wildman–Crippen MR) is 127 cm³/mol. The van der Waals surface area contributed by atoms with E-state index in [4.69, 9.17) is 23.2 Å². The van der Waals surface area contributed by atoms with E-state index in [1.807, 2.05) is 0 Å². The summed E-state index contributed by atoms with van der Waals surface area (Å²) in [4.78, 5) is 25.4. The molecule has 1 aromatic heterocycles. The van der Waals surface area contributed by atoms with Gasteiger partial charge in [-0.2, -0.15) is 0 Å².